The molecule has 1 aliphatic rings. The lowest BCUT2D eigenvalue weighted by Gasteiger charge is -2.37. The molecule has 0 unspecified atom stereocenters. The van der Waals surface area contributed by atoms with E-state index in [0.717, 1.165) is 38.5 Å². The summed E-state index contributed by atoms with van der Waals surface area (Å²) in [6, 6.07) is 10.3. The summed E-state index contributed by atoms with van der Waals surface area (Å²) in [5.74, 6) is -0.591. The first kappa shape index (κ1) is 11.2. The second kappa shape index (κ2) is 4.69. The number of rotatable bonds is 5. The van der Waals surface area contributed by atoms with Gasteiger partial charge in [-0.25, -0.2) is 0 Å². The molecule has 0 aromatic heterocycles. The van der Waals surface area contributed by atoms with Crippen molar-refractivity contribution in [2.75, 3.05) is 0 Å². The van der Waals surface area contributed by atoms with E-state index in [9.17, 15) is 9.90 Å². The molecule has 1 aliphatic carbocycles. The fourth-order valence-electron chi connectivity index (χ4n) is 2.45. The predicted octanol–water partition coefficient (Wildman–Crippen LogP) is 3.26. The molecule has 0 spiro atoms. The van der Waals surface area contributed by atoms with Crippen LogP contribution in [0.5, 0.6) is 0 Å². The summed E-state index contributed by atoms with van der Waals surface area (Å²) < 4.78 is 0. The molecule has 1 aromatic carbocycles. The highest BCUT2D eigenvalue weighted by Crippen LogP contribution is 2.45. The molecule has 86 valence electrons. The van der Waals surface area contributed by atoms with Crippen molar-refractivity contribution in [2.24, 2.45) is 5.41 Å². The van der Waals surface area contributed by atoms with E-state index in [1.807, 2.05) is 18.2 Å². The molecule has 1 aromatic rings. The van der Waals surface area contributed by atoms with E-state index in [4.69, 9.17) is 0 Å². The Morgan fingerprint density at radius 1 is 1.25 bits per heavy atom. The van der Waals surface area contributed by atoms with Gasteiger partial charge in [0, 0.05) is 0 Å². The molecule has 0 aliphatic heterocycles. The number of aliphatic carboxylic acids is 1. The first-order valence-corrected chi connectivity index (χ1v) is 6.00. The fourth-order valence-corrected chi connectivity index (χ4v) is 2.45. The molecule has 1 fully saturated rings. The fraction of sp³-hybridized carbons (Fsp3) is 0.500. The molecular weight excluding hydrogens is 200 g/mol. The van der Waals surface area contributed by atoms with E-state index in [2.05, 4.69) is 12.1 Å². The maximum atomic E-state index is 11.1. The zero-order chi connectivity index (χ0) is 11.4. The SMILES string of the molecule is O=C(O)C1(CCCc2ccccc2)CCC1. The maximum absolute atomic E-state index is 11.1. The monoisotopic (exact) mass is 218 g/mol. The second-order valence-electron chi connectivity index (χ2n) is 4.78. The van der Waals surface area contributed by atoms with Crippen molar-refractivity contribution >= 4 is 5.97 Å². The molecule has 2 heteroatoms. The van der Waals surface area contributed by atoms with Crippen LogP contribution in [-0.4, -0.2) is 11.1 Å². The Morgan fingerprint density at radius 2 is 1.94 bits per heavy atom. The first-order valence-electron chi connectivity index (χ1n) is 6.00. The Balaban J connectivity index is 1.82. The maximum Gasteiger partial charge on any atom is 0.309 e. The van der Waals surface area contributed by atoms with Crippen LogP contribution in [0.3, 0.4) is 0 Å². The molecule has 2 rings (SSSR count). The Labute approximate surface area is 96.3 Å². The van der Waals surface area contributed by atoms with Gasteiger partial charge in [-0.05, 0) is 37.7 Å². The van der Waals surface area contributed by atoms with Gasteiger partial charge in [-0.15, -0.1) is 0 Å². The van der Waals surface area contributed by atoms with Crippen LogP contribution in [0.25, 0.3) is 0 Å². The van der Waals surface area contributed by atoms with Crippen molar-refractivity contribution in [1.29, 1.82) is 0 Å². The topological polar surface area (TPSA) is 37.3 Å². The van der Waals surface area contributed by atoms with Crippen molar-refractivity contribution in [2.45, 2.75) is 38.5 Å². The van der Waals surface area contributed by atoms with Crippen LogP contribution in [0.1, 0.15) is 37.7 Å². The van der Waals surface area contributed by atoms with Crippen LogP contribution in [0, 0.1) is 5.41 Å². The van der Waals surface area contributed by atoms with Gasteiger partial charge >= 0.3 is 5.97 Å². The lowest BCUT2D eigenvalue weighted by atomic mass is 9.66. The van der Waals surface area contributed by atoms with Crippen LogP contribution in [-0.2, 0) is 11.2 Å². The molecule has 0 atom stereocenters. The van der Waals surface area contributed by atoms with Crippen molar-refractivity contribution in [1.82, 2.24) is 0 Å². The number of aryl methyl sites for hydroxylation is 1. The van der Waals surface area contributed by atoms with Gasteiger partial charge in [0.05, 0.1) is 5.41 Å². The predicted molar refractivity (Wildman–Crippen MR) is 63.3 cm³/mol. The zero-order valence-corrected chi connectivity index (χ0v) is 9.48. The van der Waals surface area contributed by atoms with Crippen LogP contribution >= 0.6 is 0 Å². The average Bonchev–Trinajstić information content (AvgIpc) is 2.23. The molecular formula is C14H18O2. The van der Waals surface area contributed by atoms with E-state index in [-0.39, 0.29) is 5.41 Å². The number of hydrogen-bond donors (Lipinski definition) is 1. The summed E-state index contributed by atoms with van der Waals surface area (Å²) in [6.07, 6.45) is 5.63. The number of carboxylic acid groups (broad SMARTS) is 1. The highest BCUT2D eigenvalue weighted by molar-refractivity contribution is 5.75. The van der Waals surface area contributed by atoms with E-state index in [1.165, 1.54) is 5.56 Å². The van der Waals surface area contributed by atoms with E-state index >= 15 is 0 Å². The van der Waals surface area contributed by atoms with Gasteiger partial charge in [0.1, 0.15) is 0 Å². The van der Waals surface area contributed by atoms with E-state index in [1.54, 1.807) is 0 Å². The van der Waals surface area contributed by atoms with Gasteiger partial charge in [-0.2, -0.15) is 0 Å². The van der Waals surface area contributed by atoms with Crippen molar-refractivity contribution < 1.29 is 9.90 Å². The third kappa shape index (κ3) is 2.26. The Morgan fingerprint density at radius 3 is 2.44 bits per heavy atom. The molecule has 0 saturated heterocycles. The van der Waals surface area contributed by atoms with Gasteiger partial charge in [-0.3, -0.25) is 4.79 Å². The normalized spacial score (nSPS) is 17.8. The zero-order valence-electron chi connectivity index (χ0n) is 9.48. The van der Waals surface area contributed by atoms with Gasteiger partial charge < -0.3 is 5.11 Å². The number of carbonyl (C=O) groups is 1. The standard InChI is InChI=1S/C14H18O2/c15-13(16)14(10-5-11-14)9-4-8-12-6-2-1-3-7-12/h1-3,6-7H,4-5,8-11H2,(H,15,16). The van der Waals surface area contributed by atoms with Gasteiger partial charge in [0.2, 0.25) is 0 Å². The number of carboxylic acids is 1. The van der Waals surface area contributed by atoms with E-state index < -0.39 is 5.97 Å². The number of hydrogen-bond acceptors (Lipinski definition) is 1. The number of benzene rings is 1. The highest BCUT2D eigenvalue weighted by Gasteiger charge is 2.43. The molecule has 0 bridgehead atoms. The van der Waals surface area contributed by atoms with Crippen LogP contribution in [0.4, 0.5) is 0 Å². The average molecular weight is 218 g/mol. The molecule has 2 nitrogen and oxygen atoms in total. The second-order valence-corrected chi connectivity index (χ2v) is 4.78. The molecule has 1 saturated carbocycles. The Hall–Kier alpha value is -1.31. The van der Waals surface area contributed by atoms with Gasteiger partial charge in [0.15, 0.2) is 0 Å². The Kier molecular flexibility index (Phi) is 3.28. The first-order chi connectivity index (χ1) is 7.73. The quantitative estimate of drug-likeness (QED) is 0.823. The van der Waals surface area contributed by atoms with Crippen LogP contribution in [0.15, 0.2) is 30.3 Å². The van der Waals surface area contributed by atoms with Crippen LogP contribution < -0.4 is 0 Å². The molecule has 0 heterocycles. The summed E-state index contributed by atoms with van der Waals surface area (Å²) >= 11 is 0. The molecule has 0 radical (unpaired) electrons. The van der Waals surface area contributed by atoms with Crippen molar-refractivity contribution in [3.05, 3.63) is 35.9 Å². The smallest absolute Gasteiger partial charge is 0.309 e. The Bertz CT molecular complexity index is 352. The third-order valence-electron chi connectivity index (χ3n) is 3.73. The van der Waals surface area contributed by atoms with Gasteiger partial charge in [-0.1, -0.05) is 36.8 Å². The molecule has 0 amide bonds. The summed E-state index contributed by atoms with van der Waals surface area (Å²) in [4.78, 5) is 11.1. The largest absolute Gasteiger partial charge is 0.481 e. The minimum Gasteiger partial charge on any atom is -0.481 e. The van der Waals surface area contributed by atoms with Crippen LogP contribution in [0.2, 0.25) is 0 Å². The summed E-state index contributed by atoms with van der Waals surface area (Å²) in [7, 11) is 0. The van der Waals surface area contributed by atoms with Crippen molar-refractivity contribution in [3.8, 4) is 0 Å². The molecule has 16 heavy (non-hydrogen) atoms. The lowest BCUT2D eigenvalue weighted by Crippen LogP contribution is -2.37. The minimum atomic E-state index is -0.591. The summed E-state index contributed by atoms with van der Waals surface area (Å²) in [6.45, 7) is 0. The van der Waals surface area contributed by atoms with Crippen molar-refractivity contribution in [3.63, 3.8) is 0 Å². The lowest BCUT2D eigenvalue weighted by molar-refractivity contribution is -0.155. The van der Waals surface area contributed by atoms with Gasteiger partial charge in [0.25, 0.3) is 0 Å². The highest BCUT2D eigenvalue weighted by atomic mass is 16.4. The summed E-state index contributed by atoms with van der Waals surface area (Å²) in [5, 5.41) is 9.18. The minimum absolute atomic E-state index is 0.380. The van der Waals surface area contributed by atoms with E-state index in [0.29, 0.717) is 0 Å². The summed E-state index contributed by atoms with van der Waals surface area (Å²) in [5.41, 5.74) is 0.928. The molecule has 1 N–H and O–H groups in total. The third-order valence-corrected chi connectivity index (χ3v) is 3.73.